The van der Waals surface area contributed by atoms with Gasteiger partial charge in [-0.15, -0.1) is 0 Å². The molecule has 0 bridgehead atoms. The summed E-state index contributed by atoms with van der Waals surface area (Å²) in [7, 11) is 0. The zero-order valence-corrected chi connectivity index (χ0v) is 8.75. The van der Waals surface area contributed by atoms with Crippen molar-refractivity contribution in [1.82, 2.24) is 4.98 Å². The van der Waals surface area contributed by atoms with Crippen LogP contribution in [0.15, 0.2) is 22.9 Å². The molecule has 4 heteroatoms. The second-order valence-corrected chi connectivity index (χ2v) is 3.88. The number of ether oxygens (including phenoxy) is 1. The normalized spacial score (nSPS) is 21.8. The molecule has 2 rings (SSSR count). The van der Waals surface area contributed by atoms with Gasteiger partial charge in [-0.25, -0.2) is 4.98 Å². The van der Waals surface area contributed by atoms with Gasteiger partial charge in [-0.05, 0) is 34.5 Å². The SMILES string of the molecule is Brc1cc(NC2CCOC2)ccn1. The number of pyridine rings is 1. The van der Waals surface area contributed by atoms with Gasteiger partial charge >= 0.3 is 0 Å². The third-order valence-corrected chi connectivity index (χ3v) is 2.46. The molecule has 1 unspecified atom stereocenters. The molecule has 1 aliphatic heterocycles. The van der Waals surface area contributed by atoms with Crippen LogP contribution in [0.5, 0.6) is 0 Å². The van der Waals surface area contributed by atoms with Crippen LogP contribution in [0.2, 0.25) is 0 Å². The van der Waals surface area contributed by atoms with Crippen molar-refractivity contribution in [2.24, 2.45) is 0 Å². The molecule has 3 nitrogen and oxygen atoms in total. The van der Waals surface area contributed by atoms with E-state index in [9.17, 15) is 0 Å². The zero-order valence-electron chi connectivity index (χ0n) is 7.16. The largest absolute Gasteiger partial charge is 0.380 e. The second kappa shape index (κ2) is 4.07. The van der Waals surface area contributed by atoms with Crippen LogP contribution in [0.3, 0.4) is 0 Å². The van der Waals surface area contributed by atoms with Crippen LogP contribution in [0.1, 0.15) is 6.42 Å². The van der Waals surface area contributed by atoms with E-state index in [-0.39, 0.29) is 0 Å². The number of aromatic nitrogens is 1. The van der Waals surface area contributed by atoms with E-state index < -0.39 is 0 Å². The highest BCUT2D eigenvalue weighted by atomic mass is 79.9. The molecule has 1 atom stereocenters. The monoisotopic (exact) mass is 242 g/mol. The van der Waals surface area contributed by atoms with Crippen molar-refractivity contribution in [2.75, 3.05) is 18.5 Å². The highest BCUT2D eigenvalue weighted by Gasteiger charge is 2.14. The highest BCUT2D eigenvalue weighted by Crippen LogP contribution is 2.16. The quantitative estimate of drug-likeness (QED) is 0.807. The first kappa shape index (κ1) is 8.97. The Hall–Kier alpha value is -0.610. The lowest BCUT2D eigenvalue weighted by molar-refractivity contribution is 0.195. The van der Waals surface area contributed by atoms with E-state index in [2.05, 4.69) is 26.2 Å². The number of nitrogens with zero attached hydrogens (tertiary/aromatic N) is 1. The van der Waals surface area contributed by atoms with Crippen LogP contribution in [-0.2, 0) is 4.74 Å². The van der Waals surface area contributed by atoms with Gasteiger partial charge in [0.05, 0.1) is 12.6 Å². The molecule has 0 radical (unpaired) electrons. The maximum absolute atomic E-state index is 5.27. The Kier molecular flexibility index (Phi) is 2.80. The summed E-state index contributed by atoms with van der Waals surface area (Å²) < 4.78 is 6.13. The molecule has 0 amide bonds. The van der Waals surface area contributed by atoms with Gasteiger partial charge in [0.25, 0.3) is 0 Å². The molecule has 1 N–H and O–H groups in total. The van der Waals surface area contributed by atoms with Crippen molar-refractivity contribution in [1.29, 1.82) is 0 Å². The number of anilines is 1. The highest BCUT2D eigenvalue weighted by molar-refractivity contribution is 9.10. The fourth-order valence-corrected chi connectivity index (χ4v) is 1.74. The first-order valence-corrected chi connectivity index (χ1v) is 5.10. The van der Waals surface area contributed by atoms with Crippen molar-refractivity contribution < 1.29 is 4.74 Å². The number of nitrogens with one attached hydrogen (secondary N) is 1. The standard InChI is InChI=1S/C9H11BrN2O/c10-9-5-7(1-3-11-9)12-8-2-4-13-6-8/h1,3,5,8H,2,4,6H2,(H,11,12). The lowest BCUT2D eigenvalue weighted by Gasteiger charge is -2.11. The molecule has 0 spiro atoms. The van der Waals surface area contributed by atoms with Gasteiger partial charge in [0, 0.05) is 18.5 Å². The molecule has 0 aliphatic carbocycles. The van der Waals surface area contributed by atoms with Gasteiger partial charge in [0.1, 0.15) is 4.60 Å². The summed E-state index contributed by atoms with van der Waals surface area (Å²) in [4.78, 5) is 4.06. The molecular formula is C9H11BrN2O. The van der Waals surface area contributed by atoms with Gasteiger partial charge < -0.3 is 10.1 Å². The van der Waals surface area contributed by atoms with E-state index in [1.54, 1.807) is 6.20 Å². The van der Waals surface area contributed by atoms with Gasteiger partial charge in [0.15, 0.2) is 0 Å². The maximum Gasteiger partial charge on any atom is 0.108 e. The number of halogens is 1. The first-order chi connectivity index (χ1) is 6.34. The molecule has 0 aromatic carbocycles. The molecule has 2 heterocycles. The number of hydrogen-bond acceptors (Lipinski definition) is 3. The van der Waals surface area contributed by atoms with E-state index in [4.69, 9.17) is 4.74 Å². The van der Waals surface area contributed by atoms with Gasteiger partial charge in [-0.1, -0.05) is 0 Å². The molecular weight excluding hydrogens is 232 g/mol. The number of hydrogen-bond donors (Lipinski definition) is 1. The summed E-state index contributed by atoms with van der Waals surface area (Å²) in [6.07, 6.45) is 2.86. The molecule has 1 aromatic heterocycles. The van der Waals surface area contributed by atoms with Gasteiger partial charge in [-0.2, -0.15) is 0 Å². The second-order valence-electron chi connectivity index (χ2n) is 3.07. The lowest BCUT2D eigenvalue weighted by Crippen LogP contribution is -2.18. The van der Waals surface area contributed by atoms with Crippen LogP contribution in [-0.4, -0.2) is 24.2 Å². The van der Waals surface area contributed by atoms with Crippen molar-refractivity contribution >= 4 is 21.6 Å². The summed E-state index contributed by atoms with van der Waals surface area (Å²) in [5.41, 5.74) is 1.09. The average Bonchev–Trinajstić information content (AvgIpc) is 2.57. The minimum atomic E-state index is 0.453. The summed E-state index contributed by atoms with van der Waals surface area (Å²) in [5.74, 6) is 0. The van der Waals surface area contributed by atoms with E-state index in [1.807, 2.05) is 12.1 Å². The fourth-order valence-electron chi connectivity index (χ4n) is 1.38. The molecule has 1 saturated heterocycles. The Morgan fingerprint density at radius 2 is 2.54 bits per heavy atom. The average molecular weight is 243 g/mol. The summed E-state index contributed by atoms with van der Waals surface area (Å²) in [5, 5.41) is 3.39. The predicted molar refractivity (Wildman–Crippen MR) is 54.8 cm³/mol. The Morgan fingerprint density at radius 3 is 3.23 bits per heavy atom. The van der Waals surface area contributed by atoms with Crippen molar-refractivity contribution in [3.8, 4) is 0 Å². The van der Waals surface area contributed by atoms with Crippen molar-refractivity contribution in [3.63, 3.8) is 0 Å². The Labute approximate surface area is 85.6 Å². The van der Waals surface area contributed by atoms with Gasteiger partial charge in [-0.3, -0.25) is 0 Å². The summed E-state index contributed by atoms with van der Waals surface area (Å²) in [6.45, 7) is 1.67. The first-order valence-electron chi connectivity index (χ1n) is 4.30. The minimum absolute atomic E-state index is 0.453. The smallest absolute Gasteiger partial charge is 0.108 e. The van der Waals surface area contributed by atoms with Crippen LogP contribution < -0.4 is 5.32 Å². The lowest BCUT2D eigenvalue weighted by atomic mass is 10.2. The Bertz CT molecular complexity index is 287. The van der Waals surface area contributed by atoms with Crippen molar-refractivity contribution in [2.45, 2.75) is 12.5 Å². The van der Waals surface area contributed by atoms with Crippen LogP contribution in [0, 0.1) is 0 Å². The molecule has 1 aromatic rings. The van der Waals surface area contributed by atoms with Crippen LogP contribution in [0.25, 0.3) is 0 Å². The molecule has 70 valence electrons. The minimum Gasteiger partial charge on any atom is -0.380 e. The van der Waals surface area contributed by atoms with Crippen LogP contribution in [0.4, 0.5) is 5.69 Å². The van der Waals surface area contributed by atoms with Crippen molar-refractivity contribution in [3.05, 3.63) is 22.9 Å². The third-order valence-electron chi connectivity index (χ3n) is 2.03. The topological polar surface area (TPSA) is 34.1 Å². The molecule has 1 aliphatic rings. The fraction of sp³-hybridized carbons (Fsp3) is 0.444. The molecule has 0 saturated carbocycles. The van der Waals surface area contributed by atoms with Gasteiger partial charge in [0.2, 0.25) is 0 Å². The zero-order chi connectivity index (χ0) is 9.10. The van der Waals surface area contributed by atoms with E-state index in [0.29, 0.717) is 6.04 Å². The maximum atomic E-state index is 5.27. The Morgan fingerprint density at radius 1 is 1.62 bits per heavy atom. The third kappa shape index (κ3) is 2.42. The van der Waals surface area contributed by atoms with E-state index in [0.717, 1.165) is 29.9 Å². The predicted octanol–water partition coefficient (Wildman–Crippen LogP) is 2.04. The van der Waals surface area contributed by atoms with E-state index >= 15 is 0 Å². The van der Waals surface area contributed by atoms with Crippen LogP contribution >= 0.6 is 15.9 Å². The molecule has 1 fully saturated rings. The Balaban J connectivity index is 2.00. The summed E-state index contributed by atoms with van der Waals surface area (Å²) >= 11 is 3.33. The van der Waals surface area contributed by atoms with E-state index in [1.165, 1.54) is 0 Å². The number of rotatable bonds is 2. The molecule has 13 heavy (non-hydrogen) atoms. The summed E-state index contributed by atoms with van der Waals surface area (Å²) in [6, 6.07) is 4.38.